The summed E-state index contributed by atoms with van der Waals surface area (Å²) in [5.41, 5.74) is 1.63. The number of thioether (sulfide) groups is 1. The molecule has 1 heterocycles. The van der Waals surface area contributed by atoms with E-state index < -0.39 is 0 Å². The summed E-state index contributed by atoms with van der Waals surface area (Å²) in [6.07, 6.45) is 0. The van der Waals surface area contributed by atoms with Crippen LogP contribution in [-0.2, 0) is 5.75 Å². The number of carbonyl (C=O) groups excluding carboxylic acids is 1. The van der Waals surface area contributed by atoms with Crippen molar-refractivity contribution in [3.8, 4) is 11.5 Å². The Bertz CT molecular complexity index is 755. The van der Waals surface area contributed by atoms with E-state index in [0.29, 0.717) is 30.2 Å². The summed E-state index contributed by atoms with van der Waals surface area (Å²) in [7, 11) is 3.10. The summed E-state index contributed by atoms with van der Waals surface area (Å²) in [5.74, 6) is 1.63. The van der Waals surface area contributed by atoms with Crippen molar-refractivity contribution in [2.75, 3.05) is 27.3 Å². The molecule has 0 saturated heterocycles. The van der Waals surface area contributed by atoms with E-state index >= 15 is 0 Å². The Morgan fingerprint density at radius 3 is 2.40 bits per heavy atom. The normalized spacial score (nSPS) is 13.5. The lowest BCUT2D eigenvalue weighted by Gasteiger charge is -2.20. The maximum Gasteiger partial charge on any atom is 0.267 e. The van der Waals surface area contributed by atoms with Gasteiger partial charge in [0.1, 0.15) is 17.1 Å². The molecule has 2 aromatic carbocycles. The molecular weight excluding hydrogens is 336 g/mol. The van der Waals surface area contributed by atoms with E-state index in [9.17, 15) is 4.79 Å². The fourth-order valence-corrected chi connectivity index (χ4v) is 3.66. The molecule has 2 aromatic rings. The zero-order valence-electron chi connectivity index (χ0n) is 14.3. The molecule has 130 valence electrons. The number of hydrogen-bond donors (Lipinski definition) is 0. The minimum absolute atomic E-state index is 0.147. The number of carbonyl (C=O) groups is 1. The smallest absolute Gasteiger partial charge is 0.267 e. The average molecular weight is 356 g/mol. The van der Waals surface area contributed by atoms with Crippen molar-refractivity contribution < 1.29 is 14.3 Å². The zero-order chi connectivity index (χ0) is 17.6. The minimum Gasteiger partial charge on any atom is -0.496 e. The lowest BCUT2D eigenvalue weighted by Crippen LogP contribution is -2.33. The second-order valence-corrected chi connectivity index (χ2v) is 6.38. The van der Waals surface area contributed by atoms with E-state index in [1.165, 1.54) is 5.56 Å². The minimum atomic E-state index is -0.147. The van der Waals surface area contributed by atoms with Crippen LogP contribution >= 0.6 is 11.8 Å². The Morgan fingerprint density at radius 1 is 1.08 bits per heavy atom. The Balaban J connectivity index is 1.79. The number of aliphatic imine (C=N–C) groups is 1. The van der Waals surface area contributed by atoms with Gasteiger partial charge in [-0.3, -0.25) is 14.7 Å². The first-order chi connectivity index (χ1) is 12.2. The SMILES string of the molecule is COc1cccc(OC)c1C(=O)N1CCN=C1SCc1ccccc1. The van der Waals surface area contributed by atoms with Gasteiger partial charge in [-0.25, -0.2) is 0 Å². The van der Waals surface area contributed by atoms with Gasteiger partial charge in [-0.2, -0.15) is 0 Å². The molecule has 3 rings (SSSR count). The first-order valence-corrected chi connectivity index (χ1v) is 8.97. The number of rotatable bonds is 5. The fraction of sp³-hybridized carbons (Fsp3) is 0.263. The van der Waals surface area contributed by atoms with Crippen LogP contribution in [0, 0.1) is 0 Å². The van der Waals surface area contributed by atoms with Gasteiger partial charge in [-0.15, -0.1) is 0 Å². The molecule has 0 aromatic heterocycles. The third-order valence-electron chi connectivity index (χ3n) is 3.90. The summed E-state index contributed by atoms with van der Waals surface area (Å²) < 4.78 is 10.7. The zero-order valence-corrected chi connectivity index (χ0v) is 15.1. The molecule has 0 bridgehead atoms. The van der Waals surface area contributed by atoms with Gasteiger partial charge < -0.3 is 9.47 Å². The van der Waals surface area contributed by atoms with Crippen molar-refractivity contribution in [2.45, 2.75) is 5.75 Å². The topological polar surface area (TPSA) is 51.1 Å². The van der Waals surface area contributed by atoms with E-state index in [-0.39, 0.29) is 5.91 Å². The van der Waals surface area contributed by atoms with Gasteiger partial charge in [0.15, 0.2) is 5.17 Å². The number of methoxy groups -OCH3 is 2. The van der Waals surface area contributed by atoms with Gasteiger partial charge in [0.25, 0.3) is 5.91 Å². The second-order valence-electron chi connectivity index (χ2n) is 5.43. The van der Waals surface area contributed by atoms with Crippen molar-refractivity contribution in [2.24, 2.45) is 4.99 Å². The highest BCUT2D eigenvalue weighted by molar-refractivity contribution is 8.13. The van der Waals surface area contributed by atoms with Crippen LogP contribution in [0.2, 0.25) is 0 Å². The van der Waals surface area contributed by atoms with Gasteiger partial charge in [0.2, 0.25) is 0 Å². The van der Waals surface area contributed by atoms with Crippen molar-refractivity contribution in [3.63, 3.8) is 0 Å². The number of benzene rings is 2. The summed E-state index contributed by atoms with van der Waals surface area (Å²) in [6.45, 7) is 1.18. The Hall–Kier alpha value is -2.47. The largest absolute Gasteiger partial charge is 0.496 e. The second kappa shape index (κ2) is 8.07. The van der Waals surface area contributed by atoms with E-state index in [2.05, 4.69) is 17.1 Å². The molecule has 1 amide bonds. The monoisotopic (exact) mass is 356 g/mol. The highest BCUT2D eigenvalue weighted by Crippen LogP contribution is 2.31. The first kappa shape index (κ1) is 17.4. The van der Waals surface area contributed by atoms with Crippen molar-refractivity contribution in [1.29, 1.82) is 0 Å². The van der Waals surface area contributed by atoms with Gasteiger partial charge in [0.05, 0.1) is 20.8 Å². The van der Waals surface area contributed by atoms with E-state index in [1.807, 2.05) is 18.2 Å². The van der Waals surface area contributed by atoms with Gasteiger partial charge in [-0.05, 0) is 17.7 Å². The van der Waals surface area contributed by atoms with Gasteiger partial charge >= 0.3 is 0 Å². The average Bonchev–Trinajstić information content (AvgIpc) is 3.14. The fourth-order valence-electron chi connectivity index (χ4n) is 2.66. The van der Waals surface area contributed by atoms with E-state index in [4.69, 9.17) is 9.47 Å². The number of ether oxygens (including phenoxy) is 2. The maximum absolute atomic E-state index is 13.1. The molecule has 6 heteroatoms. The molecule has 0 atom stereocenters. The molecule has 0 fully saturated rings. The first-order valence-electron chi connectivity index (χ1n) is 7.98. The quantitative estimate of drug-likeness (QED) is 0.823. The van der Waals surface area contributed by atoms with Crippen molar-refractivity contribution in [3.05, 3.63) is 59.7 Å². The molecule has 25 heavy (non-hydrogen) atoms. The van der Waals surface area contributed by atoms with E-state index in [1.54, 1.807) is 49.1 Å². The van der Waals surface area contributed by atoms with Crippen LogP contribution in [0.25, 0.3) is 0 Å². The number of nitrogens with zero attached hydrogens (tertiary/aromatic N) is 2. The number of amidine groups is 1. The predicted octanol–water partition coefficient (Wildman–Crippen LogP) is 3.45. The van der Waals surface area contributed by atoms with Crippen molar-refractivity contribution >= 4 is 22.8 Å². The van der Waals surface area contributed by atoms with Gasteiger partial charge in [-0.1, -0.05) is 48.2 Å². The highest BCUT2D eigenvalue weighted by atomic mass is 32.2. The lowest BCUT2D eigenvalue weighted by atomic mass is 10.1. The third kappa shape index (κ3) is 3.79. The standard InChI is InChI=1S/C19H20N2O3S/c1-23-15-9-6-10-16(24-2)17(15)18(22)21-12-11-20-19(21)25-13-14-7-4-3-5-8-14/h3-10H,11-13H2,1-2H3. The summed E-state index contributed by atoms with van der Waals surface area (Å²) in [6, 6.07) is 15.5. The summed E-state index contributed by atoms with van der Waals surface area (Å²) in [5, 5.41) is 0.738. The van der Waals surface area contributed by atoms with Crippen LogP contribution < -0.4 is 9.47 Å². The van der Waals surface area contributed by atoms with Crippen molar-refractivity contribution in [1.82, 2.24) is 4.90 Å². The summed E-state index contributed by atoms with van der Waals surface area (Å²) in [4.78, 5) is 19.3. The number of amides is 1. The van der Waals surface area contributed by atoms with Crippen LogP contribution in [0.5, 0.6) is 11.5 Å². The van der Waals surface area contributed by atoms with E-state index in [0.717, 1.165) is 10.9 Å². The molecule has 0 N–H and O–H groups in total. The van der Waals surface area contributed by atoms with Crippen LogP contribution in [-0.4, -0.2) is 43.3 Å². The molecule has 0 spiro atoms. The van der Waals surface area contributed by atoms with Crippen LogP contribution in [0.1, 0.15) is 15.9 Å². The maximum atomic E-state index is 13.1. The molecule has 1 aliphatic rings. The highest BCUT2D eigenvalue weighted by Gasteiger charge is 2.29. The third-order valence-corrected chi connectivity index (χ3v) is 4.98. The Kier molecular flexibility index (Phi) is 5.60. The Morgan fingerprint density at radius 2 is 1.76 bits per heavy atom. The summed E-state index contributed by atoms with van der Waals surface area (Å²) >= 11 is 1.57. The molecule has 0 saturated carbocycles. The van der Waals surface area contributed by atoms with Crippen LogP contribution in [0.15, 0.2) is 53.5 Å². The number of hydrogen-bond acceptors (Lipinski definition) is 5. The molecule has 1 aliphatic heterocycles. The van der Waals surface area contributed by atoms with Crippen LogP contribution in [0.3, 0.4) is 0 Å². The van der Waals surface area contributed by atoms with Gasteiger partial charge in [0, 0.05) is 12.3 Å². The predicted molar refractivity (Wildman–Crippen MR) is 101 cm³/mol. The molecule has 0 unspecified atom stereocenters. The lowest BCUT2D eigenvalue weighted by molar-refractivity contribution is 0.0854. The Labute approximate surface area is 151 Å². The molecule has 5 nitrogen and oxygen atoms in total. The van der Waals surface area contributed by atoms with Crippen LogP contribution in [0.4, 0.5) is 0 Å². The molecule has 0 aliphatic carbocycles. The molecule has 0 radical (unpaired) electrons. The molecular formula is C19H20N2O3S.